The Hall–Kier alpha value is -1.49. The molecule has 2 aliphatic heterocycles. The van der Waals surface area contributed by atoms with Crippen molar-refractivity contribution in [3.63, 3.8) is 0 Å². The highest BCUT2D eigenvalue weighted by molar-refractivity contribution is 6.34. The summed E-state index contributed by atoms with van der Waals surface area (Å²) in [7, 11) is -0.255. The molecule has 0 amide bonds. The molecule has 0 spiro atoms. The average Bonchev–Trinajstić information content (AvgIpc) is 3.24. The first-order valence-corrected chi connectivity index (χ1v) is 10.7. The summed E-state index contributed by atoms with van der Waals surface area (Å²) >= 11 is 0. The van der Waals surface area contributed by atoms with Crippen LogP contribution >= 0.6 is 0 Å². The summed E-state index contributed by atoms with van der Waals surface area (Å²) in [5, 5.41) is 3.12. The van der Waals surface area contributed by atoms with Crippen LogP contribution < -0.4 is 5.32 Å². The predicted molar refractivity (Wildman–Crippen MR) is 96.6 cm³/mol. The Morgan fingerprint density at radius 3 is 3.18 bits per heavy atom. The van der Waals surface area contributed by atoms with E-state index in [2.05, 4.69) is 32.2 Å². The zero-order valence-electron chi connectivity index (χ0n) is 15.2. The third kappa shape index (κ3) is 4.40. The summed E-state index contributed by atoms with van der Waals surface area (Å²) in [5.74, 6) is 0.253. The van der Waals surface area contributed by atoms with E-state index in [9.17, 15) is 4.39 Å². The molecule has 10 nitrogen and oxygen atoms in total. The largest absolute Gasteiger partial charge is 0.423 e. The Kier molecular flexibility index (Phi) is 6.61. The van der Waals surface area contributed by atoms with Crippen LogP contribution in [0.15, 0.2) is 6.33 Å². The monoisotopic (exact) mass is 425 g/mol. The van der Waals surface area contributed by atoms with Crippen molar-refractivity contribution < 1.29 is 26.8 Å². The normalized spacial score (nSPS) is 28.1. The van der Waals surface area contributed by atoms with Gasteiger partial charge in [-0.2, -0.15) is 14.4 Å². The van der Waals surface area contributed by atoms with Crippen molar-refractivity contribution in [2.45, 2.75) is 50.7 Å². The van der Waals surface area contributed by atoms with E-state index in [0.717, 1.165) is 19.3 Å². The molecule has 4 rings (SSSR count). The van der Waals surface area contributed by atoms with Gasteiger partial charge < -0.3 is 32.7 Å². The predicted octanol–water partition coefficient (Wildman–Crippen LogP) is 0.705. The van der Waals surface area contributed by atoms with Gasteiger partial charge in [0.05, 0.1) is 12.9 Å². The van der Waals surface area contributed by atoms with Crippen LogP contribution in [0.5, 0.6) is 0 Å². The van der Waals surface area contributed by atoms with Gasteiger partial charge in [0, 0.05) is 6.61 Å². The summed E-state index contributed by atoms with van der Waals surface area (Å²) in [4.78, 5) is 14.4. The zero-order chi connectivity index (χ0) is 19.3. The van der Waals surface area contributed by atoms with Crippen LogP contribution in [0, 0.1) is 6.08 Å². The molecule has 2 aromatic rings. The van der Waals surface area contributed by atoms with Crippen LogP contribution in [0.2, 0.25) is 0 Å². The van der Waals surface area contributed by atoms with Crippen molar-refractivity contribution in [3.8, 4) is 0 Å². The molecule has 0 saturated carbocycles. The fourth-order valence-electron chi connectivity index (χ4n) is 3.16. The van der Waals surface area contributed by atoms with Crippen LogP contribution in [0.4, 0.5) is 10.2 Å². The molecule has 2 saturated heterocycles. The fourth-order valence-corrected chi connectivity index (χ4v) is 4.36. The molecule has 0 aliphatic carbocycles. The number of aromatic amines is 1. The van der Waals surface area contributed by atoms with Crippen LogP contribution in [-0.4, -0.2) is 77.7 Å². The van der Waals surface area contributed by atoms with Crippen molar-refractivity contribution in [1.82, 2.24) is 19.9 Å². The average molecular weight is 426 g/mol. The number of halogens is 1. The second-order valence-corrected chi connectivity index (χ2v) is 8.06. The first-order chi connectivity index (χ1) is 13.8. The zero-order valence-corrected chi connectivity index (χ0v) is 17.2. The van der Waals surface area contributed by atoms with Gasteiger partial charge in [0.25, 0.3) is 0 Å². The minimum absolute atomic E-state index is 0.0924. The number of nitrogens with zero attached hydrogens (tertiary/aromatic N) is 3. The Morgan fingerprint density at radius 2 is 2.29 bits per heavy atom. The molecule has 4 heterocycles. The lowest BCUT2D eigenvalue weighted by Gasteiger charge is -2.26. The lowest BCUT2D eigenvalue weighted by Crippen LogP contribution is -2.43. The lowest BCUT2D eigenvalue weighted by molar-refractivity contribution is -0.0275. The van der Waals surface area contributed by atoms with E-state index >= 15 is 0 Å². The molecule has 13 heteroatoms. The van der Waals surface area contributed by atoms with Crippen LogP contribution in [0.1, 0.15) is 26.2 Å². The van der Waals surface area contributed by atoms with E-state index in [0.29, 0.717) is 18.7 Å². The Morgan fingerprint density at radius 1 is 1.36 bits per heavy atom. The van der Waals surface area contributed by atoms with Crippen molar-refractivity contribution in [2.24, 2.45) is 0 Å². The topological polar surface area (TPSA) is 113 Å². The van der Waals surface area contributed by atoms with E-state index in [1.807, 2.05) is 0 Å². The molecule has 2 aliphatic rings. The van der Waals surface area contributed by atoms with Gasteiger partial charge in [0.15, 0.2) is 17.7 Å². The quantitative estimate of drug-likeness (QED) is 0.376. The number of imidazole rings is 1. The van der Waals surface area contributed by atoms with Crippen molar-refractivity contribution in [1.29, 1.82) is 0 Å². The first kappa shape index (κ1) is 19.8. The van der Waals surface area contributed by atoms with E-state index in [4.69, 9.17) is 22.4 Å². The lowest BCUT2D eigenvalue weighted by atomic mass is 10.1. The molecule has 0 bridgehead atoms. The molecule has 2 aromatic heterocycles. The maximum absolute atomic E-state index is 13.8. The number of H-pyrrole nitrogens is 1. The molecule has 0 aromatic carbocycles. The molecule has 28 heavy (non-hydrogen) atoms. The number of aromatic nitrogens is 4. The summed E-state index contributed by atoms with van der Waals surface area (Å²) < 4.78 is 42.6. The number of rotatable bonds is 7. The van der Waals surface area contributed by atoms with Gasteiger partial charge in [-0.05, 0) is 6.42 Å². The summed E-state index contributed by atoms with van der Waals surface area (Å²) in [6.07, 6.45) is 1.92. The number of hydrogen-bond donors (Lipinski definition) is 2. The summed E-state index contributed by atoms with van der Waals surface area (Å²) in [6, 6.07) is 0. The second kappa shape index (κ2) is 9.34. The molecule has 1 unspecified atom stereocenters. The third-order valence-corrected chi connectivity index (χ3v) is 5.80. The first-order valence-electron chi connectivity index (χ1n) is 9.09. The van der Waals surface area contributed by atoms with Crippen LogP contribution in [0.25, 0.3) is 11.2 Å². The van der Waals surface area contributed by atoms with Crippen molar-refractivity contribution in [2.75, 3.05) is 18.5 Å². The Balaban J connectivity index is 1.54. The molecule has 2 N–H and O–H groups in total. The van der Waals surface area contributed by atoms with Crippen LogP contribution in [-0.2, 0) is 22.4 Å². The third-order valence-electron chi connectivity index (χ3n) is 4.48. The van der Waals surface area contributed by atoms with E-state index in [1.54, 1.807) is 0 Å². The van der Waals surface area contributed by atoms with Crippen LogP contribution in [0.3, 0.4) is 0 Å². The smallest absolute Gasteiger partial charge is 0.411 e. The van der Waals surface area contributed by atoms with Gasteiger partial charge in [-0.1, -0.05) is 19.8 Å². The van der Waals surface area contributed by atoms with E-state index in [1.165, 1.54) is 6.33 Å². The second-order valence-electron chi connectivity index (χ2n) is 6.39. The number of ether oxygens (including phenoxy) is 2. The van der Waals surface area contributed by atoms with Gasteiger partial charge >= 0.3 is 26.1 Å². The Bertz CT molecular complexity index is 786. The van der Waals surface area contributed by atoms with Gasteiger partial charge in [-0.15, -0.1) is 0 Å². The van der Waals surface area contributed by atoms with E-state index < -0.39 is 18.4 Å². The van der Waals surface area contributed by atoms with Gasteiger partial charge in [0.1, 0.15) is 23.8 Å². The number of unbranched alkanes of at least 4 members (excludes halogenated alkanes) is 2. The molecule has 4 radical (unpaired) electrons. The highest BCUT2D eigenvalue weighted by atomic mass is 28.3. The maximum Gasteiger partial charge on any atom is 0.423 e. The Labute approximate surface area is 166 Å². The number of hydrogen-bond acceptors (Lipinski definition) is 9. The van der Waals surface area contributed by atoms with E-state index in [-0.39, 0.29) is 43.7 Å². The molecule has 4 atom stereocenters. The van der Waals surface area contributed by atoms with Crippen molar-refractivity contribution in [3.05, 3.63) is 12.4 Å². The minimum atomic E-state index is -0.873. The molecular formula is C15H20FN5O5Si2. The van der Waals surface area contributed by atoms with Gasteiger partial charge in [-0.3, -0.25) is 0 Å². The molecule has 2 fully saturated rings. The summed E-state index contributed by atoms with van der Waals surface area (Å²) in [6.45, 7) is 3.02. The highest BCUT2D eigenvalue weighted by Gasteiger charge is 2.47. The van der Waals surface area contributed by atoms with Gasteiger partial charge in [-0.25, -0.2) is 4.98 Å². The SMILES string of the molecule is CCCCCO[C@@H]1C(Nc2nc(F)nc3nc[nH]c23)O[C@@H]2CO[Si]O[Si]O[C@@H]12. The maximum atomic E-state index is 13.8. The number of fused-ring (bicyclic) bond motifs is 2. The minimum Gasteiger partial charge on any atom is -0.411 e. The fraction of sp³-hybridized carbons (Fsp3) is 0.667. The summed E-state index contributed by atoms with van der Waals surface area (Å²) in [5.41, 5.74) is 0.720. The molecule has 150 valence electrons. The van der Waals surface area contributed by atoms with Gasteiger partial charge in [0.2, 0.25) is 0 Å². The number of nitrogens with one attached hydrogen (secondary N) is 2. The molecular weight excluding hydrogens is 405 g/mol. The van der Waals surface area contributed by atoms with Crippen molar-refractivity contribution >= 4 is 37.0 Å². The highest BCUT2D eigenvalue weighted by Crippen LogP contribution is 2.30. The standard InChI is InChI=1S/C15H20FN5O5Si2/c1-2-3-4-5-22-11-10-8(6-23-27-26-28-25-10)24-14(11)19-13-9-12(18-7-17-9)20-15(16)21-13/h7-8,10-11,14H,2-6H2,1H3,(H2,17,18,19,20,21)/t8-,10-,11+,14?/m1/s1. The number of anilines is 1.